The molecule has 3 nitrogen and oxygen atoms in total. The highest BCUT2D eigenvalue weighted by Crippen LogP contribution is 2.11. The van der Waals surface area contributed by atoms with Gasteiger partial charge in [0.25, 0.3) is 0 Å². The van der Waals surface area contributed by atoms with Crippen molar-refractivity contribution < 1.29 is 14.4 Å². The van der Waals surface area contributed by atoms with Gasteiger partial charge in [-0.2, -0.15) is 0 Å². The number of carbonyl (C=O) groups is 1. The third-order valence-corrected chi connectivity index (χ3v) is 3.90. The van der Waals surface area contributed by atoms with Gasteiger partial charge in [-0.25, -0.2) is 4.79 Å². The maximum absolute atomic E-state index is 12.1. The van der Waals surface area contributed by atoms with Crippen LogP contribution in [0.1, 0.15) is 22.8 Å². The molecule has 0 fully saturated rings. The maximum Gasteiger partial charge on any atom is 0.338 e. The number of esters is 1. The molecule has 0 aliphatic carbocycles. The van der Waals surface area contributed by atoms with E-state index in [-0.39, 0.29) is 12.1 Å². The third-order valence-electron chi connectivity index (χ3n) is 3.37. The van der Waals surface area contributed by atoms with Crippen LogP contribution < -0.4 is 4.90 Å². The molecule has 2 aromatic rings. The summed E-state index contributed by atoms with van der Waals surface area (Å²) in [6, 6.07) is 17.5. The summed E-state index contributed by atoms with van der Waals surface area (Å²) in [4.78, 5) is 13.4. The average molecular weight is 363 g/mol. The van der Waals surface area contributed by atoms with E-state index in [2.05, 4.69) is 35.1 Å². The van der Waals surface area contributed by atoms with Gasteiger partial charge in [0, 0.05) is 10.0 Å². The van der Waals surface area contributed by atoms with Gasteiger partial charge < -0.3 is 9.64 Å². The van der Waals surface area contributed by atoms with Crippen LogP contribution in [0.2, 0.25) is 0 Å². The standard InChI is InChI=1S/C18H20BrNO2/c1-14(12-20(2)13-15-6-4-3-5-7-15)22-18(21)16-8-10-17(19)11-9-16/h3-11,14H,12-13H2,1-2H3/p+1/t14-/m1/s1. The molecule has 0 spiro atoms. The number of quaternary nitrogens is 1. The lowest BCUT2D eigenvalue weighted by Crippen LogP contribution is -3.08. The number of nitrogens with one attached hydrogen (secondary N) is 1. The molecule has 1 unspecified atom stereocenters. The molecule has 2 aromatic carbocycles. The number of hydrogen-bond donors (Lipinski definition) is 1. The van der Waals surface area contributed by atoms with Crippen molar-refractivity contribution in [2.75, 3.05) is 13.6 Å². The maximum atomic E-state index is 12.1. The Bertz CT molecular complexity index is 598. The van der Waals surface area contributed by atoms with Gasteiger partial charge in [-0.05, 0) is 31.2 Å². The van der Waals surface area contributed by atoms with Crippen LogP contribution in [0, 0.1) is 0 Å². The Balaban J connectivity index is 1.83. The van der Waals surface area contributed by atoms with Crippen molar-refractivity contribution in [1.29, 1.82) is 0 Å². The molecule has 0 aliphatic heterocycles. The van der Waals surface area contributed by atoms with E-state index >= 15 is 0 Å². The van der Waals surface area contributed by atoms with Crippen molar-refractivity contribution in [3.8, 4) is 0 Å². The van der Waals surface area contributed by atoms with Crippen LogP contribution in [0.5, 0.6) is 0 Å². The van der Waals surface area contributed by atoms with Crippen LogP contribution >= 0.6 is 15.9 Å². The quantitative estimate of drug-likeness (QED) is 0.801. The minimum absolute atomic E-state index is 0.125. The first-order chi connectivity index (χ1) is 10.5. The van der Waals surface area contributed by atoms with Crippen molar-refractivity contribution in [1.82, 2.24) is 0 Å². The van der Waals surface area contributed by atoms with Crippen LogP contribution in [0.3, 0.4) is 0 Å². The molecular weight excluding hydrogens is 342 g/mol. The summed E-state index contributed by atoms with van der Waals surface area (Å²) < 4.78 is 6.46. The van der Waals surface area contributed by atoms with Crippen molar-refractivity contribution in [3.63, 3.8) is 0 Å². The first-order valence-electron chi connectivity index (χ1n) is 7.36. The summed E-state index contributed by atoms with van der Waals surface area (Å²) in [7, 11) is 2.11. The van der Waals surface area contributed by atoms with Gasteiger partial charge in [-0.1, -0.05) is 46.3 Å². The lowest BCUT2D eigenvalue weighted by atomic mass is 10.2. The van der Waals surface area contributed by atoms with Crippen molar-refractivity contribution in [2.45, 2.75) is 19.6 Å². The molecule has 0 aliphatic rings. The fourth-order valence-electron chi connectivity index (χ4n) is 2.39. The Morgan fingerprint density at radius 2 is 1.77 bits per heavy atom. The van der Waals surface area contributed by atoms with E-state index < -0.39 is 0 Å². The fourth-order valence-corrected chi connectivity index (χ4v) is 2.65. The van der Waals surface area contributed by atoms with Gasteiger partial charge in [0.15, 0.2) is 0 Å². The zero-order valence-corrected chi connectivity index (χ0v) is 14.5. The summed E-state index contributed by atoms with van der Waals surface area (Å²) in [5, 5.41) is 0. The van der Waals surface area contributed by atoms with E-state index in [1.165, 1.54) is 10.5 Å². The molecular formula is C18H21BrNO2+. The number of rotatable bonds is 6. The summed E-state index contributed by atoms with van der Waals surface area (Å²) in [6.45, 7) is 3.63. The highest BCUT2D eigenvalue weighted by atomic mass is 79.9. The van der Waals surface area contributed by atoms with Gasteiger partial charge >= 0.3 is 5.97 Å². The molecule has 0 saturated heterocycles. The highest BCUT2D eigenvalue weighted by molar-refractivity contribution is 9.10. The number of carbonyl (C=O) groups excluding carboxylic acids is 1. The Hall–Kier alpha value is -1.65. The number of halogens is 1. The summed E-state index contributed by atoms with van der Waals surface area (Å²) >= 11 is 3.35. The molecule has 0 radical (unpaired) electrons. The normalized spacial score (nSPS) is 13.4. The predicted molar refractivity (Wildman–Crippen MR) is 90.9 cm³/mol. The molecule has 0 bridgehead atoms. The fraction of sp³-hybridized carbons (Fsp3) is 0.278. The Kier molecular flexibility index (Phi) is 6.16. The van der Waals surface area contributed by atoms with Crippen molar-refractivity contribution in [2.24, 2.45) is 0 Å². The second kappa shape index (κ2) is 8.11. The zero-order chi connectivity index (χ0) is 15.9. The molecule has 0 heterocycles. The SMILES string of the molecule is C[C@H](C[NH+](C)Cc1ccccc1)OC(=O)c1ccc(Br)cc1. The van der Waals surface area contributed by atoms with Crippen molar-refractivity contribution >= 4 is 21.9 Å². The van der Waals surface area contributed by atoms with Crippen LogP contribution in [0.25, 0.3) is 0 Å². The number of benzene rings is 2. The molecule has 0 amide bonds. The second-order valence-corrected chi connectivity index (χ2v) is 6.46. The Labute approximate surface area is 140 Å². The van der Waals surface area contributed by atoms with Crippen LogP contribution in [-0.4, -0.2) is 25.7 Å². The average Bonchev–Trinajstić information content (AvgIpc) is 2.48. The third kappa shape index (κ3) is 5.28. The van der Waals surface area contributed by atoms with Crippen LogP contribution in [0.15, 0.2) is 59.1 Å². The zero-order valence-electron chi connectivity index (χ0n) is 12.9. The van der Waals surface area contributed by atoms with Gasteiger partial charge in [-0.15, -0.1) is 0 Å². The molecule has 0 aromatic heterocycles. The lowest BCUT2D eigenvalue weighted by Gasteiger charge is -2.19. The number of likely N-dealkylation sites (N-methyl/N-ethyl adjacent to an activating group) is 1. The summed E-state index contributed by atoms with van der Waals surface area (Å²) in [5.41, 5.74) is 1.86. The minimum Gasteiger partial charge on any atom is -0.453 e. The number of hydrogen-bond acceptors (Lipinski definition) is 2. The monoisotopic (exact) mass is 362 g/mol. The Morgan fingerprint density at radius 3 is 2.41 bits per heavy atom. The largest absolute Gasteiger partial charge is 0.453 e. The van der Waals surface area contributed by atoms with E-state index in [1.54, 1.807) is 12.1 Å². The highest BCUT2D eigenvalue weighted by Gasteiger charge is 2.16. The van der Waals surface area contributed by atoms with E-state index in [0.717, 1.165) is 17.6 Å². The van der Waals surface area contributed by atoms with E-state index in [9.17, 15) is 4.79 Å². The molecule has 4 heteroatoms. The molecule has 1 N–H and O–H groups in total. The van der Waals surface area contributed by atoms with Gasteiger partial charge in [0.05, 0.1) is 12.6 Å². The topological polar surface area (TPSA) is 30.7 Å². The number of ether oxygens (including phenoxy) is 1. The van der Waals surface area contributed by atoms with E-state index in [0.29, 0.717) is 5.56 Å². The van der Waals surface area contributed by atoms with Crippen LogP contribution in [0.4, 0.5) is 0 Å². The van der Waals surface area contributed by atoms with Crippen molar-refractivity contribution in [3.05, 3.63) is 70.2 Å². The predicted octanol–water partition coefficient (Wildman–Crippen LogP) is 2.71. The van der Waals surface area contributed by atoms with Crippen LogP contribution in [-0.2, 0) is 11.3 Å². The molecule has 116 valence electrons. The lowest BCUT2D eigenvalue weighted by molar-refractivity contribution is -0.896. The molecule has 2 rings (SSSR count). The second-order valence-electron chi connectivity index (χ2n) is 5.55. The summed E-state index contributed by atoms with van der Waals surface area (Å²) in [6.07, 6.45) is -0.125. The smallest absolute Gasteiger partial charge is 0.338 e. The Morgan fingerprint density at radius 1 is 1.14 bits per heavy atom. The van der Waals surface area contributed by atoms with E-state index in [4.69, 9.17) is 4.74 Å². The van der Waals surface area contributed by atoms with Gasteiger partial charge in [0.2, 0.25) is 0 Å². The van der Waals surface area contributed by atoms with E-state index in [1.807, 2.05) is 37.3 Å². The summed E-state index contributed by atoms with van der Waals surface area (Å²) in [5.74, 6) is -0.271. The first kappa shape index (κ1) is 16.7. The van der Waals surface area contributed by atoms with Gasteiger partial charge in [0.1, 0.15) is 19.2 Å². The first-order valence-corrected chi connectivity index (χ1v) is 8.15. The molecule has 0 saturated carbocycles. The van der Waals surface area contributed by atoms with Gasteiger partial charge in [-0.3, -0.25) is 0 Å². The molecule has 2 atom stereocenters. The minimum atomic E-state index is -0.271. The molecule has 22 heavy (non-hydrogen) atoms.